The minimum Gasteiger partial charge on any atom is -0.495 e. The first-order valence-electron chi connectivity index (χ1n) is 6.57. The predicted molar refractivity (Wildman–Crippen MR) is 89.2 cm³/mol. The highest BCUT2D eigenvalue weighted by molar-refractivity contribution is 9.10. The van der Waals surface area contributed by atoms with Gasteiger partial charge in [0.15, 0.2) is 5.65 Å². The number of pyridine rings is 1. The number of ether oxygens (including phenoxy) is 1. The van der Waals surface area contributed by atoms with Gasteiger partial charge in [0.1, 0.15) is 17.0 Å². The molecule has 0 saturated heterocycles. The number of hydrogen-bond donors (Lipinski definition) is 1. The fourth-order valence-corrected chi connectivity index (χ4v) is 3.93. The summed E-state index contributed by atoms with van der Waals surface area (Å²) in [5.41, 5.74) is 1.54. The standard InChI is InChI=1S/C14H13BrN4O3S/c1-9-3-4-12(22-2)13(5-9)23(20,21)18-11-6-10(15)7-19-8-16-17-14(11)19/h3-8,18H,1-2H3. The fraction of sp³-hybridized carbons (Fsp3) is 0.143. The summed E-state index contributed by atoms with van der Waals surface area (Å²) in [4.78, 5) is 0.0673. The summed E-state index contributed by atoms with van der Waals surface area (Å²) >= 11 is 3.34. The molecule has 1 aromatic carbocycles. The van der Waals surface area contributed by atoms with E-state index in [0.29, 0.717) is 15.8 Å². The van der Waals surface area contributed by atoms with Crippen LogP contribution in [0.1, 0.15) is 5.56 Å². The smallest absolute Gasteiger partial charge is 0.265 e. The van der Waals surface area contributed by atoms with Crippen molar-refractivity contribution in [1.82, 2.24) is 14.6 Å². The van der Waals surface area contributed by atoms with Crippen molar-refractivity contribution in [1.29, 1.82) is 0 Å². The summed E-state index contributed by atoms with van der Waals surface area (Å²) in [6.45, 7) is 1.81. The largest absolute Gasteiger partial charge is 0.495 e. The first kappa shape index (κ1) is 15.8. The average Bonchev–Trinajstić information content (AvgIpc) is 2.95. The number of anilines is 1. The number of halogens is 1. The number of rotatable bonds is 4. The van der Waals surface area contributed by atoms with Gasteiger partial charge in [0.25, 0.3) is 10.0 Å². The molecule has 0 spiro atoms. The Morgan fingerprint density at radius 2 is 2.09 bits per heavy atom. The van der Waals surface area contributed by atoms with E-state index < -0.39 is 10.0 Å². The van der Waals surface area contributed by atoms with Crippen molar-refractivity contribution in [3.8, 4) is 5.75 Å². The summed E-state index contributed by atoms with van der Waals surface area (Å²) < 4.78 is 35.5. The monoisotopic (exact) mass is 396 g/mol. The number of benzene rings is 1. The maximum Gasteiger partial charge on any atom is 0.265 e. The summed E-state index contributed by atoms with van der Waals surface area (Å²) in [6, 6.07) is 6.59. The summed E-state index contributed by atoms with van der Waals surface area (Å²) in [5.74, 6) is 0.274. The Morgan fingerprint density at radius 1 is 1.30 bits per heavy atom. The topological polar surface area (TPSA) is 85.6 Å². The molecule has 1 N–H and O–H groups in total. The van der Waals surface area contributed by atoms with Gasteiger partial charge >= 0.3 is 0 Å². The first-order chi connectivity index (χ1) is 10.9. The van der Waals surface area contributed by atoms with E-state index in [0.717, 1.165) is 5.56 Å². The number of nitrogens with zero attached hydrogens (tertiary/aromatic N) is 3. The zero-order valence-electron chi connectivity index (χ0n) is 12.3. The Bertz CT molecular complexity index is 985. The van der Waals surface area contributed by atoms with Crippen LogP contribution in [-0.2, 0) is 10.0 Å². The zero-order valence-corrected chi connectivity index (χ0v) is 14.7. The number of sulfonamides is 1. The average molecular weight is 397 g/mol. The lowest BCUT2D eigenvalue weighted by Crippen LogP contribution is -2.15. The summed E-state index contributed by atoms with van der Waals surface area (Å²) in [6.07, 6.45) is 3.23. The molecule has 2 heterocycles. The highest BCUT2D eigenvalue weighted by atomic mass is 79.9. The number of fused-ring (bicyclic) bond motifs is 1. The summed E-state index contributed by atoms with van der Waals surface area (Å²) in [5, 5.41) is 7.72. The normalized spacial score (nSPS) is 11.6. The number of hydrogen-bond acceptors (Lipinski definition) is 5. The van der Waals surface area contributed by atoms with E-state index in [-0.39, 0.29) is 10.6 Å². The van der Waals surface area contributed by atoms with Crippen LogP contribution in [0.2, 0.25) is 0 Å². The van der Waals surface area contributed by atoms with Crippen LogP contribution in [-0.4, -0.2) is 30.1 Å². The second-order valence-electron chi connectivity index (χ2n) is 4.89. The Kier molecular flexibility index (Phi) is 3.99. The molecule has 0 amide bonds. The van der Waals surface area contributed by atoms with Gasteiger partial charge in [-0.25, -0.2) is 8.42 Å². The van der Waals surface area contributed by atoms with Crippen LogP contribution < -0.4 is 9.46 Å². The molecule has 0 aliphatic heterocycles. The quantitative estimate of drug-likeness (QED) is 0.732. The van der Waals surface area contributed by atoms with E-state index in [2.05, 4.69) is 30.8 Å². The molecule has 0 aliphatic rings. The third kappa shape index (κ3) is 3.02. The Morgan fingerprint density at radius 3 is 2.83 bits per heavy atom. The lowest BCUT2D eigenvalue weighted by molar-refractivity contribution is 0.402. The lowest BCUT2D eigenvalue weighted by atomic mass is 10.2. The van der Waals surface area contributed by atoms with Gasteiger partial charge in [-0.15, -0.1) is 10.2 Å². The molecular weight excluding hydrogens is 384 g/mol. The molecule has 0 fully saturated rings. The molecular formula is C14H13BrN4O3S. The van der Waals surface area contributed by atoms with Gasteiger partial charge in [-0.1, -0.05) is 6.07 Å². The van der Waals surface area contributed by atoms with E-state index >= 15 is 0 Å². The Hall–Kier alpha value is -2.13. The second-order valence-corrected chi connectivity index (χ2v) is 7.46. The molecule has 2 aromatic heterocycles. The van der Waals surface area contributed by atoms with Crippen LogP contribution in [0.3, 0.4) is 0 Å². The van der Waals surface area contributed by atoms with Gasteiger partial charge < -0.3 is 4.74 Å². The Labute approximate surface area is 141 Å². The summed E-state index contributed by atoms with van der Waals surface area (Å²) in [7, 11) is -2.41. The van der Waals surface area contributed by atoms with E-state index in [1.807, 2.05) is 6.92 Å². The third-order valence-corrected chi connectivity index (χ3v) is 5.03. The molecule has 0 saturated carbocycles. The second kappa shape index (κ2) is 5.82. The van der Waals surface area contributed by atoms with Gasteiger partial charge in [0.2, 0.25) is 0 Å². The van der Waals surface area contributed by atoms with Crippen molar-refractivity contribution in [2.75, 3.05) is 11.8 Å². The SMILES string of the molecule is COc1ccc(C)cc1S(=O)(=O)Nc1cc(Br)cn2cnnc12. The molecule has 0 atom stereocenters. The van der Waals surface area contributed by atoms with Crippen LogP contribution >= 0.6 is 15.9 Å². The van der Waals surface area contributed by atoms with Crippen LogP contribution in [0, 0.1) is 6.92 Å². The van der Waals surface area contributed by atoms with Crippen molar-refractivity contribution in [2.24, 2.45) is 0 Å². The number of aromatic nitrogens is 3. The van der Waals surface area contributed by atoms with Gasteiger partial charge in [-0.3, -0.25) is 9.12 Å². The molecule has 120 valence electrons. The molecule has 3 rings (SSSR count). The minimum absolute atomic E-state index is 0.0673. The van der Waals surface area contributed by atoms with E-state index in [1.165, 1.54) is 13.4 Å². The maximum atomic E-state index is 12.7. The van der Waals surface area contributed by atoms with Gasteiger partial charge in [0, 0.05) is 10.7 Å². The van der Waals surface area contributed by atoms with Crippen molar-refractivity contribution in [3.63, 3.8) is 0 Å². The van der Waals surface area contributed by atoms with Crippen molar-refractivity contribution < 1.29 is 13.2 Å². The fourth-order valence-electron chi connectivity index (χ4n) is 2.17. The third-order valence-electron chi connectivity index (χ3n) is 3.21. The van der Waals surface area contributed by atoms with Crippen molar-refractivity contribution in [2.45, 2.75) is 11.8 Å². The molecule has 0 radical (unpaired) electrons. The number of aryl methyl sites for hydroxylation is 1. The number of methoxy groups -OCH3 is 1. The lowest BCUT2D eigenvalue weighted by Gasteiger charge is -2.13. The van der Waals surface area contributed by atoms with Crippen LogP contribution in [0.5, 0.6) is 5.75 Å². The molecule has 7 nitrogen and oxygen atoms in total. The Balaban J connectivity index is 2.11. The molecule has 23 heavy (non-hydrogen) atoms. The first-order valence-corrected chi connectivity index (χ1v) is 8.84. The van der Waals surface area contributed by atoms with E-state index in [9.17, 15) is 8.42 Å². The van der Waals surface area contributed by atoms with E-state index in [1.54, 1.807) is 34.9 Å². The highest BCUT2D eigenvalue weighted by Crippen LogP contribution is 2.29. The van der Waals surface area contributed by atoms with E-state index in [4.69, 9.17) is 4.74 Å². The molecule has 9 heteroatoms. The zero-order chi connectivity index (χ0) is 16.6. The minimum atomic E-state index is -3.84. The number of nitrogens with one attached hydrogen (secondary N) is 1. The van der Waals surface area contributed by atoms with Crippen molar-refractivity contribution >= 4 is 37.3 Å². The van der Waals surface area contributed by atoms with Crippen LogP contribution in [0.25, 0.3) is 5.65 Å². The van der Waals surface area contributed by atoms with Crippen LogP contribution in [0.15, 0.2) is 46.2 Å². The molecule has 3 aromatic rings. The molecule has 0 aliphatic carbocycles. The van der Waals surface area contributed by atoms with Gasteiger partial charge in [0.05, 0.1) is 12.8 Å². The van der Waals surface area contributed by atoms with Gasteiger partial charge in [-0.05, 0) is 46.6 Å². The predicted octanol–water partition coefficient (Wildman–Crippen LogP) is 2.61. The molecule has 0 bridgehead atoms. The molecule has 0 unspecified atom stereocenters. The maximum absolute atomic E-state index is 12.7. The van der Waals surface area contributed by atoms with Gasteiger partial charge in [-0.2, -0.15) is 0 Å². The van der Waals surface area contributed by atoms with Crippen molar-refractivity contribution in [3.05, 3.63) is 46.8 Å². The van der Waals surface area contributed by atoms with Crippen LogP contribution in [0.4, 0.5) is 5.69 Å². The highest BCUT2D eigenvalue weighted by Gasteiger charge is 2.21.